The maximum atomic E-state index is 11.8. The summed E-state index contributed by atoms with van der Waals surface area (Å²) in [5.74, 6) is 1.54. The predicted molar refractivity (Wildman–Crippen MR) is 93.9 cm³/mol. The van der Waals surface area contributed by atoms with Crippen molar-refractivity contribution in [2.75, 3.05) is 40.3 Å². The van der Waals surface area contributed by atoms with Crippen molar-refractivity contribution in [2.24, 2.45) is 0 Å². The zero-order valence-electron chi connectivity index (χ0n) is 15.4. The molecule has 0 N–H and O–H groups in total. The number of carbonyl (C=O) groups excluding carboxylic acids is 2. The van der Waals surface area contributed by atoms with Gasteiger partial charge < -0.3 is 9.80 Å². The van der Waals surface area contributed by atoms with E-state index in [1.165, 1.54) is 0 Å². The molecule has 0 bridgehead atoms. The summed E-state index contributed by atoms with van der Waals surface area (Å²) in [6.07, 6.45) is 4.67. The Labute approximate surface area is 149 Å². The van der Waals surface area contributed by atoms with Crippen molar-refractivity contribution in [3.63, 3.8) is 0 Å². The van der Waals surface area contributed by atoms with E-state index in [0.29, 0.717) is 19.0 Å². The lowest BCUT2D eigenvalue weighted by Gasteiger charge is -2.32. The Kier molecular flexibility index (Phi) is 5.32. The molecule has 0 aliphatic carbocycles. The SMILES string of the molecule is CC(=O)N1CCc2nc(C3CCN(CC(=O)N(C)C)CC3)ncc2C1. The smallest absolute Gasteiger partial charge is 0.236 e. The first-order valence-electron chi connectivity index (χ1n) is 8.96. The molecule has 3 rings (SSSR count). The van der Waals surface area contributed by atoms with Gasteiger partial charge in [0.25, 0.3) is 0 Å². The van der Waals surface area contributed by atoms with Gasteiger partial charge in [-0.15, -0.1) is 0 Å². The van der Waals surface area contributed by atoms with Crippen LogP contribution in [0.4, 0.5) is 0 Å². The topological polar surface area (TPSA) is 69.6 Å². The summed E-state index contributed by atoms with van der Waals surface area (Å²) in [6, 6.07) is 0. The number of amides is 2. The molecule has 7 nitrogen and oxygen atoms in total. The largest absolute Gasteiger partial charge is 0.348 e. The van der Waals surface area contributed by atoms with Gasteiger partial charge in [0.2, 0.25) is 11.8 Å². The maximum absolute atomic E-state index is 11.8. The standard InChI is InChI=1S/C18H27N5O2/c1-13(24)23-9-6-16-15(11-23)10-19-18(20-16)14-4-7-22(8-5-14)12-17(25)21(2)3/h10,14H,4-9,11-12H2,1-3H3. The van der Waals surface area contributed by atoms with E-state index < -0.39 is 0 Å². The van der Waals surface area contributed by atoms with Crippen LogP contribution >= 0.6 is 0 Å². The lowest BCUT2D eigenvalue weighted by molar-refractivity contribution is -0.130. The van der Waals surface area contributed by atoms with E-state index in [0.717, 1.165) is 56.0 Å². The third-order valence-corrected chi connectivity index (χ3v) is 5.21. The molecule has 1 saturated heterocycles. The van der Waals surface area contributed by atoms with Gasteiger partial charge >= 0.3 is 0 Å². The van der Waals surface area contributed by atoms with Crippen molar-refractivity contribution >= 4 is 11.8 Å². The van der Waals surface area contributed by atoms with Crippen LogP contribution in [0.1, 0.15) is 42.8 Å². The molecule has 3 heterocycles. The second-order valence-electron chi connectivity index (χ2n) is 7.23. The molecule has 2 aliphatic heterocycles. The van der Waals surface area contributed by atoms with E-state index in [9.17, 15) is 9.59 Å². The number of nitrogens with zero attached hydrogens (tertiary/aromatic N) is 5. The molecule has 1 fully saturated rings. The number of hydrogen-bond acceptors (Lipinski definition) is 5. The molecule has 0 unspecified atom stereocenters. The molecule has 1 aromatic rings. The van der Waals surface area contributed by atoms with Gasteiger partial charge in [0.05, 0.1) is 12.2 Å². The van der Waals surface area contributed by atoms with Crippen molar-refractivity contribution in [1.82, 2.24) is 24.7 Å². The number of likely N-dealkylation sites (N-methyl/N-ethyl adjacent to an activating group) is 1. The Morgan fingerprint density at radius 1 is 1.24 bits per heavy atom. The summed E-state index contributed by atoms with van der Waals surface area (Å²) < 4.78 is 0. The first-order valence-corrected chi connectivity index (χ1v) is 8.96. The Hall–Kier alpha value is -2.02. The van der Waals surface area contributed by atoms with Crippen LogP contribution in [0.25, 0.3) is 0 Å². The van der Waals surface area contributed by atoms with Gasteiger partial charge in [0.1, 0.15) is 5.82 Å². The van der Waals surface area contributed by atoms with Crippen LogP contribution in [0.3, 0.4) is 0 Å². The monoisotopic (exact) mass is 345 g/mol. The number of aromatic nitrogens is 2. The van der Waals surface area contributed by atoms with Crippen LogP contribution in [-0.4, -0.2) is 76.8 Å². The molecule has 7 heteroatoms. The number of likely N-dealkylation sites (tertiary alicyclic amines) is 1. The van der Waals surface area contributed by atoms with Gasteiger partial charge in [-0.3, -0.25) is 14.5 Å². The minimum atomic E-state index is 0.106. The third-order valence-electron chi connectivity index (χ3n) is 5.21. The molecule has 136 valence electrons. The fraction of sp³-hybridized carbons (Fsp3) is 0.667. The van der Waals surface area contributed by atoms with E-state index >= 15 is 0 Å². The molecule has 1 aromatic heterocycles. The number of piperidine rings is 1. The summed E-state index contributed by atoms with van der Waals surface area (Å²) in [4.78, 5) is 38.4. The summed E-state index contributed by atoms with van der Waals surface area (Å²) >= 11 is 0. The van der Waals surface area contributed by atoms with Crippen molar-refractivity contribution in [3.05, 3.63) is 23.3 Å². The van der Waals surface area contributed by atoms with Gasteiger partial charge in [0, 0.05) is 58.2 Å². The van der Waals surface area contributed by atoms with Gasteiger partial charge in [-0.25, -0.2) is 9.97 Å². The van der Waals surface area contributed by atoms with E-state index in [4.69, 9.17) is 4.98 Å². The lowest BCUT2D eigenvalue weighted by atomic mass is 9.95. The molecule has 0 radical (unpaired) electrons. The summed E-state index contributed by atoms with van der Waals surface area (Å²) in [7, 11) is 3.59. The quantitative estimate of drug-likeness (QED) is 0.804. The average Bonchev–Trinajstić information content (AvgIpc) is 2.61. The summed E-state index contributed by atoms with van der Waals surface area (Å²) in [6.45, 7) is 5.27. The first-order chi connectivity index (χ1) is 11.9. The highest BCUT2D eigenvalue weighted by atomic mass is 16.2. The normalized spacial score (nSPS) is 18.8. The highest BCUT2D eigenvalue weighted by Gasteiger charge is 2.26. The Balaban J connectivity index is 1.59. The van der Waals surface area contributed by atoms with Crippen molar-refractivity contribution in [1.29, 1.82) is 0 Å². The van der Waals surface area contributed by atoms with Crippen LogP contribution in [0.5, 0.6) is 0 Å². The van der Waals surface area contributed by atoms with Crippen LogP contribution in [0, 0.1) is 0 Å². The van der Waals surface area contributed by atoms with Crippen LogP contribution in [-0.2, 0) is 22.6 Å². The molecule has 2 amide bonds. The van der Waals surface area contributed by atoms with Crippen LogP contribution < -0.4 is 0 Å². The first kappa shape index (κ1) is 17.8. The highest BCUT2D eigenvalue weighted by Crippen LogP contribution is 2.27. The molecular weight excluding hydrogens is 318 g/mol. The fourth-order valence-electron chi connectivity index (χ4n) is 3.48. The summed E-state index contributed by atoms with van der Waals surface area (Å²) in [5.41, 5.74) is 2.16. The van der Waals surface area contributed by atoms with E-state index in [1.807, 2.05) is 11.1 Å². The van der Waals surface area contributed by atoms with E-state index in [1.54, 1.807) is 25.9 Å². The predicted octanol–water partition coefficient (Wildman–Crippen LogP) is 0.649. The number of fused-ring (bicyclic) bond motifs is 1. The Bertz CT molecular complexity index is 653. The number of rotatable bonds is 3. The van der Waals surface area contributed by atoms with Crippen LogP contribution in [0.2, 0.25) is 0 Å². The molecule has 0 aromatic carbocycles. The number of carbonyl (C=O) groups is 2. The highest BCUT2D eigenvalue weighted by molar-refractivity contribution is 5.77. The molecule has 0 spiro atoms. The van der Waals surface area contributed by atoms with Crippen molar-refractivity contribution in [3.8, 4) is 0 Å². The van der Waals surface area contributed by atoms with E-state index in [-0.39, 0.29) is 11.8 Å². The van der Waals surface area contributed by atoms with Gasteiger partial charge in [-0.05, 0) is 25.9 Å². The molecule has 2 aliphatic rings. The Morgan fingerprint density at radius 3 is 2.60 bits per heavy atom. The van der Waals surface area contributed by atoms with Crippen molar-refractivity contribution < 1.29 is 9.59 Å². The molecule has 0 saturated carbocycles. The molecule has 0 atom stereocenters. The number of hydrogen-bond donors (Lipinski definition) is 0. The minimum absolute atomic E-state index is 0.106. The zero-order chi connectivity index (χ0) is 18.0. The molecular formula is C18H27N5O2. The zero-order valence-corrected chi connectivity index (χ0v) is 15.4. The Morgan fingerprint density at radius 2 is 1.96 bits per heavy atom. The van der Waals surface area contributed by atoms with Gasteiger partial charge in [-0.2, -0.15) is 0 Å². The average molecular weight is 345 g/mol. The third kappa shape index (κ3) is 4.15. The summed E-state index contributed by atoms with van der Waals surface area (Å²) in [5, 5.41) is 0. The van der Waals surface area contributed by atoms with Crippen LogP contribution in [0.15, 0.2) is 6.20 Å². The fourth-order valence-corrected chi connectivity index (χ4v) is 3.48. The maximum Gasteiger partial charge on any atom is 0.236 e. The van der Waals surface area contributed by atoms with Crippen molar-refractivity contribution in [2.45, 2.75) is 38.6 Å². The second-order valence-corrected chi connectivity index (χ2v) is 7.23. The lowest BCUT2D eigenvalue weighted by Crippen LogP contribution is -2.41. The van der Waals surface area contributed by atoms with Gasteiger partial charge in [-0.1, -0.05) is 0 Å². The minimum Gasteiger partial charge on any atom is -0.348 e. The second kappa shape index (κ2) is 7.47. The molecule has 25 heavy (non-hydrogen) atoms. The van der Waals surface area contributed by atoms with Gasteiger partial charge in [0.15, 0.2) is 0 Å². The van der Waals surface area contributed by atoms with E-state index in [2.05, 4.69) is 9.88 Å².